The molecule has 2 unspecified atom stereocenters. The summed E-state index contributed by atoms with van der Waals surface area (Å²) in [5, 5.41) is 11.4. The number of carbonyl (C=O) groups is 1. The average Bonchev–Trinajstić information content (AvgIpc) is 2.63. The first-order chi connectivity index (χ1) is 8.59. The van der Waals surface area contributed by atoms with Gasteiger partial charge in [0, 0.05) is 20.8 Å². The number of hydrogen-bond acceptors (Lipinski definition) is 3. The zero-order valence-electron chi connectivity index (χ0n) is 10.4. The fourth-order valence-corrected chi connectivity index (χ4v) is 4.09. The summed E-state index contributed by atoms with van der Waals surface area (Å²) in [6, 6.07) is 1.95. The first-order valence-electron chi connectivity index (χ1n) is 6.32. The first kappa shape index (κ1) is 14.0. The fraction of sp³-hybridized carbons (Fsp3) is 0.615. The maximum atomic E-state index is 11.4. The van der Waals surface area contributed by atoms with Crippen LogP contribution in [0.4, 0.5) is 0 Å². The highest BCUT2D eigenvalue weighted by Crippen LogP contribution is 2.32. The lowest BCUT2D eigenvalue weighted by Gasteiger charge is -2.32. The highest BCUT2D eigenvalue weighted by atomic mass is 79.9. The number of rotatable bonds is 3. The van der Waals surface area contributed by atoms with Crippen LogP contribution in [0.15, 0.2) is 15.9 Å². The third-order valence-electron chi connectivity index (χ3n) is 3.58. The summed E-state index contributed by atoms with van der Waals surface area (Å²) >= 11 is 5.15. The lowest BCUT2D eigenvalue weighted by atomic mass is 10.1. The van der Waals surface area contributed by atoms with E-state index >= 15 is 0 Å². The summed E-state index contributed by atoms with van der Waals surface area (Å²) in [5.74, 6) is -0.681. The molecule has 1 aliphatic rings. The summed E-state index contributed by atoms with van der Waals surface area (Å²) in [6.45, 7) is 2.99. The molecular formula is C13H18BrNO2S. The van der Waals surface area contributed by atoms with Crippen molar-refractivity contribution in [3.05, 3.63) is 20.8 Å². The van der Waals surface area contributed by atoms with Crippen molar-refractivity contribution in [2.45, 2.75) is 44.7 Å². The second-order valence-corrected chi connectivity index (χ2v) is 6.64. The van der Waals surface area contributed by atoms with Gasteiger partial charge in [-0.1, -0.05) is 12.8 Å². The lowest BCUT2D eigenvalue weighted by molar-refractivity contribution is -0.144. The van der Waals surface area contributed by atoms with E-state index in [2.05, 4.69) is 39.2 Å². The second-order valence-electron chi connectivity index (χ2n) is 4.78. The molecule has 1 aromatic rings. The Labute approximate surface area is 120 Å². The van der Waals surface area contributed by atoms with E-state index in [4.69, 9.17) is 0 Å². The van der Waals surface area contributed by atoms with Crippen molar-refractivity contribution in [1.29, 1.82) is 0 Å². The van der Waals surface area contributed by atoms with Gasteiger partial charge in [-0.05, 0) is 48.3 Å². The number of aliphatic carboxylic acids is 1. The number of carboxylic acid groups (broad SMARTS) is 1. The van der Waals surface area contributed by atoms with Crippen LogP contribution in [0.2, 0.25) is 0 Å². The van der Waals surface area contributed by atoms with Gasteiger partial charge in [0.1, 0.15) is 6.04 Å². The molecule has 0 aliphatic carbocycles. The minimum Gasteiger partial charge on any atom is -0.480 e. The minimum atomic E-state index is -0.681. The molecule has 18 heavy (non-hydrogen) atoms. The van der Waals surface area contributed by atoms with E-state index in [-0.39, 0.29) is 12.1 Å². The maximum Gasteiger partial charge on any atom is 0.320 e. The largest absolute Gasteiger partial charge is 0.480 e. The van der Waals surface area contributed by atoms with E-state index in [0.717, 1.165) is 36.7 Å². The Hall–Kier alpha value is -0.390. The van der Waals surface area contributed by atoms with E-state index in [9.17, 15) is 9.90 Å². The average molecular weight is 332 g/mol. The second kappa shape index (κ2) is 6.17. The molecule has 0 spiro atoms. The van der Waals surface area contributed by atoms with Crippen molar-refractivity contribution >= 4 is 33.2 Å². The van der Waals surface area contributed by atoms with E-state index in [0.29, 0.717) is 0 Å². The number of hydrogen-bond donors (Lipinski definition) is 1. The molecule has 1 aliphatic heterocycles. The summed E-state index contributed by atoms with van der Waals surface area (Å²) in [5.41, 5.74) is 0. The van der Waals surface area contributed by atoms with Gasteiger partial charge in [0.05, 0.1) is 0 Å². The summed E-state index contributed by atoms with van der Waals surface area (Å²) in [6.07, 6.45) is 4.03. The molecule has 5 heteroatoms. The van der Waals surface area contributed by atoms with Crippen molar-refractivity contribution in [2.24, 2.45) is 0 Å². The third-order valence-corrected chi connectivity index (χ3v) is 5.44. The number of nitrogens with zero attached hydrogens (tertiary/aromatic N) is 1. The summed E-state index contributed by atoms with van der Waals surface area (Å²) < 4.78 is 1.08. The van der Waals surface area contributed by atoms with Crippen LogP contribution in [0, 0.1) is 0 Å². The highest BCUT2D eigenvalue weighted by Gasteiger charge is 2.31. The summed E-state index contributed by atoms with van der Waals surface area (Å²) in [7, 11) is 0. The summed E-state index contributed by atoms with van der Waals surface area (Å²) in [4.78, 5) is 14.8. The molecular weight excluding hydrogens is 314 g/mol. The standard InChI is InChI=1S/C13H18BrNO2S/c1-9(12-7-10(14)8-18-12)15-6-4-2-3-5-11(15)13(16)17/h7-9,11H,2-6H2,1H3,(H,16,17). The molecule has 0 aromatic carbocycles. The highest BCUT2D eigenvalue weighted by molar-refractivity contribution is 9.10. The monoisotopic (exact) mass is 331 g/mol. The predicted molar refractivity (Wildman–Crippen MR) is 77.0 cm³/mol. The van der Waals surface area contributed by atoms with Crippen molar-refractivity contribution in [3.63, 3.8) is 0 Å². The number of halogens is 1. The van der Waals surface area contributed by atoms with Crippen molar-refractivity contribution in [2.75, 3.05) is 6.54 Å². The molecule has 1 N–H and O–H groups in total. The topological polar surface area (TPSA) is 40.5 Å². The molecule has 2 rings (SSSR count). The van der Waals surface area contributed by atoms with Gasteiger partial charge >= 0.3 is 5.97 Å². The lowest BCUT2D eigenvalue weighted by Crippen LogP contribution is -2.42. The van der Waals surface area contributed by atoms with Gasteiger partial charge in [-0.15, -0.1) is 11.3 Å². The van der Waals surface area contributed by atoms with Crippen LogP contribution in [0.25, 0.3) is 0 Å². The smallest absolute Gasteiger partial charge is 0.320 e. The zero-order chi connectivity index (χ0) is 13.1. The normalized spacial score (nSPS) is 23.6. The van der Waals surface area contributed by atoms with E-state index in [1.807, 2.05) is 0 Å². The molecule has 0 radical (unpaired) electrons. The van der Waals surface area contributed by atoms with E-state index < -0.39 is 5.97 Å². The molecule has 3 nitrogen and oxygen atoms in total. The third kappa shape index (κ3) is 3.13. The Morgan fingerprint density at radius 3 is 2.94 bits per heavy atom. The van der Waals surface area contributed by atoms with Crippen molar-refractivity contribution in [3.8, 4) is 0 Å². The molecule has 0 amide bonds. The van der Waals surface area contributed by atoms with Gasteiger partial charge in [0.2, 0.25) is 0 Å². The van der Waals surface area contributed by atoms with Gasteiger partial charge in [-0.2, -0.15) is 0 Å². The minimum absolute atomic E-state index is 0.181. The van der Waals surface area contributed by atoms with Gasteiger partial charge in [-0.3, -0.25) is 9.69 Å². The Balaban J connectivity index is 2.19. The van der Waals surface area contributed by atoms with Crippen molar-refractivity contribution < 1.29 is 9.90 Å². The van der Waals surface area contributed by atoms with Crippen LogP contribution in [-0.4, -0.2) is 28.6 Å². The van der Waals surface area contributed by atoms with Gasteiger partial charge in [0.25, 0.3) is 0 Å². The first-order valence-corrected chi connectivity index (χ1v) is 7.99. The van der Waals surface area contributed by atoms with Crippen LogP contribution in [0.3, 0.4) is 0 Å². The number of carboxylic acids is 1. The Morgan fingerprint density at radius 2 is 2.33 bits per heavy atom. The van der Waals surface area contributed by atoms with Gasteiger partial charge < -0.3 is 5.11 Å². The fourth-order valence-electron chi connectivity index (χ4n) is 2.57. The van der Waals surface area contributed by atoms with E-state index in [1.165, 1.54) is 4.88 Å². The Kier molecular flexibility index (Phi) is 4.81. The molecule has 2 atom stereocenters. The zero-order valence-corrected chi connectivity index (χ0v) is 12.8. The molecule has 100 valence electrons. The number of likely N-dealkylation sites (tertiary alicyclic amines) is 1. The molecule has 2 heterocycles. The molecule has 1 aromatic heterocycles. The Bertz CT molecular complexity index is 421. The Morgan fingerprint density at radius 1 is 1.56 bits per heavy atom. The van der Waals surface area contributed by atoms with Crippen LogP contribution in [0.1, 0.15) is 43.5 Å². The van der Waals surface area contributed by atoms with Gasteiger partial charge in [0.15, 0.2) is 0 Å². The van der Waals surface area contributed by atoms with Gasteiger partial charge in [-0.25, -0.2) is 0 Å². The van der Waals surface area contributed by atoms with Crippen LogP contribution < -0.4 is 0 Å². The predicted octanol–water partition coefficient (Wildman–Crippen LogP) is 3.90. The van der Waals surface area contributed by atoms with Crippen LogP contribution in [-0.2, 0) is 4.79 Å². The molecule has 1 fully saturated rings. The molecule has 0 saturated carbocycles. The van der Waals surface area contributed by atoms with Crippen LogP contribution in [0.5, 0.6) is 0 Å². The van der Waals surface area contributed by atoms with Crippen molar-refractivity contribution in [1.82, 2.24) is 4.90 Å². The van der Waals surface area contributed by atoms with Crippen LogP contribution >= 0.6 is 27.3 Å². The SMILES string of the molecule is CC(c1cc(Br)cs1)N1CCCCCC1C(=O)O. The van der Waals surface area contributed by atoms with E-state index in [1.54, 1.807) is 11.3 Å². The quantitative estimate of drug-likeness (QED) is 0.913. The molecule has 1 saturated heterocycles. The molecule has 0 bridgehead atoms. The number of thiophene rings is 1. The maximum absolute atomic E-state index is 11.4.